The number of nitrogens with zero attached hydrogens (tertiary/aromatic N) is 2. The summed E-state index contributed by atoms with van der Waals surface area (Å²) in [6, 6.07) is 9.64. The summed E-state index contributed by atoms with van der Waals surface area (Å²) in [5, 5.41) is 0. The molecule has 1 atom stereocenters. The average Bonchev–Trinajstić information content (AvgIpc) is 2.79. The van der Waals surface area contributed by atoms with E-state index >= 15 is 0 Å². The molecule has 0 aliphatic carbocycles. The number of esters is 1. The number of carbonyl (C=O) groups excluding carboxylic acids is 2. The molecule has 0 radical (unpaired) electrons. The van der Waals surface area contributed by atoms with Crippen molar-refractivity contribution < 1.29 is 27.8 Å². The first-order chi connectivity index (χ1) is 15.0. The van der Waals surface area contributed by atoms with Crippen LogP contribution >= 0.6 is 0 Å². The average molecular weight is 430 g/mol. The number of amides is 1. The smallest absolute Gasteiger partial charge is 0.415 e. The van der Waals surface area contributed by atoms with Crippen LogP contribution in [0.3, 0.4) is 0 Å². The number of ether oxygens (including phenoxy) is 2. The van der Waals surface area contributed by atoms with E-state index in [1.165, 1.54) is 37.4 Å². The van der Waals surface area contributed by atoms with Gasteiger partial charge in [-0.05, 0) is 56.1 Å². The lowest BCUT2D eigenvalue weighted by molar-refractivity contribution is -0.0311. The minimum absolute atomic E-state index is 0.00483. The first-order valence-electron chi connectivity index (χ1n) is 10.3. The molecule has 164 valence electrons. The van der Waals surface area contributed by atoms with E-state index in [-0.39, 0.29) is 35.4 Å². The molecule has 0 N–H and O–H groups in total. The first-order valence-corrected chi connectivity index (χ1v) is 10.3. The Bertz CT molecular complexity index is 976. The predicted molar refractivity (Wildman–Crippen MR) is 110 cm³/mol. The molecule has 31 heavy (non-hydrogen) atoms. The summed E-state index contributed by atoms with van der Waals surface area (Å²) in [5.41, 5.74) is 0.183. The summed E-state index contributed by atoms with van der Waals surface area (Å²) in [6.07, 6.45) is 0.929. The number of halogens is 2. The molecule has 6 nitrogen and oxygen atoms in total. The highest BCUT2D eigenvalue weighted by molar-refractivity contribution is 5.90. The molecule has 2 aromatic rings. The van der Waals surface area contributed by atoms with E-state index in [9.17, 15) is 18.4 Å². The third kappa shape index (κ3) is 4.54. The van der Waals surface area contributed by atoms with Gasteiger partial charge in [0.1, 0.15) is 17.7 Å². The molecule has 3 aliphatic heterocycles. The molecule has 0 saturated carbocycles. The third-order valence-corrected chi connectivity index (χ3v) is 6.01. The van der Waals surface area contributed by atoms with Gasteiger partial charge in [-0.2, -0.15) is 0 Å². The van der Waals surface area contributed by atoms with E-state index in [0.717, 1.165) is 36.9 Å². The summed E-state index contributed by atoms with van der Waals surface area (Å²) in [5.74, 6) is -1.69. The van der Waals surface area contributed by atoms with Crippen molar-refractivity contribution in [3.8, 4) is 0 Å². The Balaban J connectivity index is 1.59. The van der Waals surface area contributed by atoms with Gasteiger partial charge in [-0.25, -0.2) is 18.4 Å². The Hall–Kier alpha value is -3.00. The number of anilines is 1. The van der Waals surface area contributed by atoms with Crippen LogP contribution in [0.25, 0.3) is 0 Å². The van der Waals surface area contributed by atoms with E-state index in [2.05, 4.69) is 9.64 Å². The molecule has 1 unspecified atom stereocenters. The Morgan fingerprint density at radius 3 is 2.45 bits per heavy atom. The molecule has 1 amide bonds. The number of para-hydroxylation sites is 1. The van der Waals surface area contributed by atoms with Gasteiger partial charge in [0.05, 0.1) is 24.9 Å². The molecule has 2 aromatic carbocycles. The van der Waals surface area contributed by atoms with Gasteiger partial charge >= 0.3 is 12.1 Å². The van der Waals surface area contributed by atoms with Gasteiger partial charge in [-0.15, -0.1) is 0 Å². The van der Waals surface area contributed by atoms with E-state index in [4.69, 9.17) is 4.74 Å². The first kappa shape index (κ1) is 21.2. The lowest BCUT2D eigenvalue weighted by Gasteiger charge is -2.44. The molecular weight excluding hydrogens is 406 g/mol. The van der Waals surface area contributed by atoms with Crippen LogP contribution in [0.4, 0.5) is 19.3 Å². The van der Waals surface area contributed by atoms with Gasteiger partial charge in [-0.3, -0.25) is 9.80 Å². The number of hydrogen-bond acceptors (Lipinski definition) is 5. The molecule has 3 heterocycles. The molecule has 2 bridgehead atoms. The number of benzene rings is 2. The van der Waals surface area contributed by atoms with E-state index < -0.39 is 23.7 Å². The molecular formula is C23H24F2N2O4. The Kier molecular flexibility index (Phi) is 6.18. The standard InChI is InChI=1S/C23H24F2N2O4/c1-30-22(28)16-6-7-17(19(25)12-16)13-27(20-5-3-2-4-18(20)24)23(29)31-21-14-26-10-8-15(21)9-11-26/h2-7,12,15,21H,8-11,13-14H2,1H3. The van der Waals surface area contributed by atoms with Crippen molar-refractivity contribution in [2.75, 3.05) is 31.6 Å². The minimum atomic E-state index is -0.722. The van der Waals surface area contributed by atoms with Crippen molar-refractivity contribution in [3.63, 3.8) is 0 Å². The highest BCUT2D eigenvalue weighted by atomic mass is 19.1. The Morgan fingerprint density at radius 1 is 1.10 bits per heavy atom. The fourth-order valence-electron chi connectivity index (χ4n) is 4.25. The van der Waals surface area contributed by atoms with Crippen LogP contribution in [0, 0.1) is 17.6 Å². The van der Waals surface area contributed by atoms with Crippen molar-refractivity contribution in [1.29, 1.82) is 0 Å². The summed E-state index contributed by atoms with van der Waals surface area (Å²) in [6.45, 7) is 2.40. The van der Waals surface area contributed by atoms with Crippen LogP contribution < -0.4 is 4.90 Å². The highest BCUT2D eigenvalue weighted by Crippen LogP contribution is 2.31. The van der Waals surface area contributed by atoms with Crippen molar-refractivity contribution in [2.24, 2.45) is 5.92 Å². The lowest BCUT2D eigenvalue weighted by atomic mass is 9.86. The molecule has 3 fully saturated rings. The normalized spacial score (nSPS) is 22.1. The van der Waals surface area contributed by atoms with Crippen molar-refractivity contribution in [2.45, 2.75) is 25.5 Å². The zero-order chi connectivity index (χ0) is 22.0. The molecule has 0 spiro atoms. The Labute approximate surface area is 179 Å². The van der Waals surface area contributed by atoms with Crippen molar-refractivity contribution in [3.05, 3.63) is 65.2 Å². The van der Waals surface area contributed by atoms with Gasteiger partial charge in [0.25, 0.3) is 0 Å². The minimum Gasteiger partial charge on any atom is -0.465 e. The van der Waals surface area contributed by atoms with Crippen molar-refractivity contribution in [1.82, 2.24) is 4.90 Å². The number of rotatable bonds is 5. The predicted octanol–water partition coefficient (Wildman–Crippen LogP) is 3.99. The van der Waals surface area contributed by atoms with E-state index in [1.54, 1.807) is 6.07 Å². The van der Waals surface area contributed by atoms with Gasteiger partial charge in [0, 0.05) is 12.1 Å². The maximum absolute atomic E-state index is 14.7. The molecule has 3 aliphatic rings. The van der Waals surface area contributed by atoms with Gasteiger partial charge in [0.2, 0.25) is 0 Å². The largest absolute Gasteiger partial charge is 0.465 e. The van der Waals surface area contributed by atoms with Crippen LogP contribution in [0.2, 0.25) is 0 Å². The van der Waals surface area contributed by atoms with Gasteiger partial charge in [0.15, 0.2) is 0 Å². The molecule has 5 rings (SSSR count). The van der Waals surface area contributed by atoms with Crippen LogP contribution in [0.1, 0.15) is 28.8 Å². The fourth-order valence-corrected chi connectivity index (χ4v) is 4.25. The topological polar surface area (TPSA) is 59.1 Å². The number of methoxy groups -OCH3 is 1. The maximum atomic E-state index is 14.7. The van der Waals surface area contributed by atoms with Crippen LogP contribution in [-0.2, 0) is 16.0 Å². The summed E-state index contributed by atoms with van der Waals surface area (Å²) in [7, 11) is 1.21. The zero-order valence-corrected chi connectivity index (χ0v) is 17.2. The fraction of sp³-hybridized carbons (Fsp3) is 0.391. The van der Waals surface area contributed by atoms with Crippen molar-refractivity contribution >= 4 is 17.7 Å². The SMILES string of the molecule is COC(=O)c1ccc(CN(C(=O)OC2CN3CCC2CC3)c2ccccc2F)c(F)c1. The third-order valence-electron chi connectivity index (χ3n) is 6.01. The second-order valence-electron chi connectivity index (χ2n) is 7.90. The molecule has 0 aromatic heterocycles. The van der Waals surface area contributed by atoms with Crippen LogP contribution in [-0.4, -0.2) is 49.8 Å². The number of fused-ring (bicyclic) bond motifs is 3. The summed E-state index contributed by atoms with van der Waals surface area (Å²) < 4.78 is 39.6. The quantitative estimate of drug-likeness (QED) is 0.672. The van der Waals surface area contributed by atoms with E-state index in [0.29, 0.717) is 6.54 Å². The molecule has 3 saturated heterocycles. The van der Waals surface area contributed by atoms with Gasteiger partial charge in [-0.1, -0.05) is 18.2 Å². The number of piperidine rings is 3. The second-order valence-corrected chi connectivity index (χ2v) is 7.90. The number of hydrogen-bond donors (Lipinski definition) is 0. The Morgan fingerprint density at radius 2 is 1.84 bits per heavy atom. The number of carbonyl (C=O) groups is 2. The molecule has 8 heteroatoms. The van der Waals surface area contributed by atoms with Crippen LogP contribution in [0.5, 0.6) is 0 Å². The summed E-state index contributed by atoms with van der Waals surface area (Å²) >= 11 is 0. The van der Waals surface area contributed by atoms with Gasteiger partial charge < -0.3 is 9.47 Å². The van der Waals surface area contributed by atoms with Crippen LogP contribution in [0.15, 0.2) is 42.5 Å². The monoisotopic (exact) mass is 430 g/mol. The second kappa shape index (κ2) is 9.01. The zero-order valence-electron chi connectivity index (χ0n) is 17.2. The summed E-state index contributed by atoms with van der Waals surface area (Å²) in [4.78, 5) is 28.1. The lowest BCUT2D eigenvalue weighted by Crippen LogP contribution is -2.53. The van der Waals surface area contributed by atoms with E-state index in [1.807, 2.05) is 0 Å². The highest BCUT2D eigenvalue weighted by Gasteiger charge is 2.37. The maximum Gasteiger partial charge on any atom is 0.415 e.